The van der Waals surface area contributed by atoms with Crippen LogP contribution in [-0.2, 0) is 6.54 Å². The highest BCUT2D eigenvalue weighted by Crippen LogP contribution is 1.99. The lowest BCUT2D eigenvalue weighted by Gasteiger charge is -2.06. The molecule has 0 aromatic carbocycles. The third-order valence-corrected chi connectivity index (χ3v) is 2.32. The van der Waals surface area contributed by atoms with Crippen molar-refractivity contribution in [2.75, 3.05) is 0 Å². The number of aliphatic hydroxyl groups excluding tert-OH is 1. The number of rotatable bonds is 3. The first-order chi connectivity index (χ1) is 6.50. The van der Waals surface area contributed by atoms with E-state index in [9.17, 15) is 9.59 Å². The number of hydrogen-bond acceptors (Lipinski definition) is 3. The van der Waals surface area contributed by atoms with Crippen molar-refractivity contribution in [3.8, 4) is 0 Å². The average molecular weight is 263 g/mol. The molecule has 1 unspecified atom stereocenters. The van der Waals surface area contributed by atoms with Gasteiger partial charge in [-0.3, -0.25) is 14.3 Å². The zero-order valence-electron chi connectivity index (χ0n) is 7.66. The van der Waals surface area contributed by atoms with Crippen molar-refractivity contribution in [1.29, 1.82) is 0 Å². The van der Waals surface area contributed by atoms with Crippen molar-refractivity contribution >= 4 is 15.9 Å². The highest BCUT2D eigenvalue weighted by Gasteiger charge is 2.02. The summed E-state index contributed by atoms with van der Waals surface area (Å²) in [5, 5.41) is 9.03. The Morgan fingerprint density at radius 1 is 1.64 bits per heavy atom. The molecule has 1 heterocycles. The molecule has 0 aliphatic carbocycles. The normalized spacial score (nSPS) is 12.8. The van der Waals surface area contributed by atoms with Crippen LogP contribution in [0.15, 0.2) is 20.3 Å². The van der Waals surface area contributed by atoms with E-state index in [1.165, 1.54) is 10.8 Å². The molecule has 1 atom stereocenters. The van der Waals surface area contributed by atoms with Crippen molar-refractivity contribution in [2.45, 2.75) is 26.0 Å². The highest BCUT2D eigenvalue weighted by molar-refractivity contribution is 9.10. The van der Waals surface area contributed by atoms with E-state index >= 15 is 0 Å². The van der Waals surface area contributed by atoms with Crippen molar-refractivity contribution in [3.05, 3.63) is 31.5 Å². The zero-order chi connectivity index (χ0) is 10.7. The van der Waals surface area contributed by atoms with E-state index < -0.39 is 17.4 Å². The quantitative estimate of drug-likeness (QED) is 0.810. The lowest BCUT2D eigenvalue weighted by molar-refractivity contribution is 0.177. The number of nitrogens with zero attached hydrogens (tertiary/aromatic N) is 1. The Bertz CT molecular complexity index is 421. The fraction of sp³-hybridized carbons (Fsp3) is 0.500. The molecular weight excluding hydrogens is 252 g/mol. The maximum absolute atomic E-state index is 11.2. The van der Waals surface area contributed by atoms with Crippen molar-refractivity contribution in [1.82, 2.24) is 9.55 Å². The molecule has 0 saturated heterocycles. The summed E-state index contributed by atoms with van der Waals surface area (Å²) < 4.78 is 1.65. The zero-order valence-corrected chi connectivity index (χ0v) is 9.24. The van der Waals surface area contributed by atoms with Crippen LogP contribution in [-0.4, -0.2) is 20.8 Å². The summed E-state index contributed by atoms with van der Waals surface area (Å²) in [6.07, 6.45) is 1.43. The molecule has 0 bridgehead atoms. The van der Waals surface area contributed by atoms with Gasteiger partial charge in [0.2, 0.25) is 0 Å². The Morgan fingerprint density at radius 2 is 2.29 bits per heavy atom. The van der Waals surface area contributed by atoms with Gasteiger partial charge in [-0.2, -0.15) is 0 Å². The molecule has 1 rings (SSSR count). The Labute approximate surface area is 88.5 Å². The number of aliphatic hydroxyl groups is 1. The van der Waals surface area contributed by atoms with E-state index in [4.69, 9.17) is 5.11 Å². The summed E-state index contributed by atoms with van der Waals surface area (Å²) in [5.41, 5.74) is -0.901. The number of aryl methyl sites for hydroxylation is 1. The fourth-order valence-electron chi connectivity index (χ4n) is 0.975. The number of aromatic nitrogens is 2. The highest BCUT2D eigenvalue weighted by atomic mass is 79.9. The molecule has 1 aromatic rings. The van der Waals surface area contributed by atoms with Crippen molar-refractivity contribution in [3.63, 3.8) is 0 Å². The van der Waals surface area contributed by atoms with Crippen LogP contribution in [0.5, 0.6) is 0 Å². The summed E-state index contributed by atoms with van der Waals surface area (Å²) in [4.78, 5) is 24.3. The molecule has 1 aromatic heterocycles. The smallest absolute Gasteiger partial charge is 0.328 e. The van der Waals surface area contributed by atoms with Crippen LogP contribution in [0.1, 0.15) is 13.3 Å². The number of halogens is 1. The van der Waals surface area contributed by atoms with E-state index in [1.54, 1.807) is 6.92 Å². The van der Waals surface area contributed by atoms with Gasteiger partial charge in [-0.15, -0.1) is 0 Å². The molecule has 2 N–H and O–H groups in total. The van der Waals surface area contributed by atoms with E-state index in [-0.39, 0.29) is 0 Å². The lowest BCUT2D eigenvalue weighted by atomic mass is 10.3. The Hall–Kier alpha value is -0.880. The number of aromatic amines is 1. The molecule has 0 spiro atoms. The summed E-state index contributed by atoms with van der Waals surface area (Å²) in [5.74, 6) is 0. The third-order valence-electron chi connectivity index (χ3n) is 1.76. The molecular formula is C8H11BrN2O3. The molecule has 0 aliphatic rings. The van der Waals surface area contributed by atoms with Gasteiger partial charge in [0.15, 0.2) is 0 Å². The van der Waals surface area contributed by atoms with Gasteiger partial charge in [0.25, 0.3) is 5.56 Å². The minimum absolute atomic E-state index is 0.308. The molecule has 78 valence electrons. The lowest BCUT2D eigenvalue weighted by Crippen LogP contribution is -2.30. The van der Waals surface area contributed by atoms with Crippen LogP contribution in [0.2, 0.25) is 0 Å². The number of nitrogens with one attached hydrogen (secondary N) is 1. The summed E-state index contributed by atoms with van der Waals surface area (Å²) in [6.45, 7) is 2.03. The molecule has 5 nitrogen and oxygen atoms in total. The minimum Gasteiger partial charge on any atom is -0.393 e. The van der Waals surface area contributed by atoms with E-state index in [0.717, 1.165) is 0 Å². The monoisotopic (exact) mass is 262 g/mol. The van der Waals surface area contributed by atoms with Gasteiger partial charge < -0.3 is 5.11 Å². The van der Waals surface area contributed by atoms with E-state index in [1.807, 2.05) is 0 Å². The Kier molecular flexibility index (Phi) is 3.65. The van der Waals surface area contributed by atoms with Crippen molar-refractivity contribution in [2.24, 2.45) is 0 Å². The van der Waals surface area contributed by atoms with Gasteiger partial charge in [-0.25, -0.2) is 4.79 Å². The third kappa shape index (κ3) is 2.81. The fourth-order valence-corrected chi connectivity index (χ4v) is 1.32. The molecule has 0 aliphatic heterocycles. The first-order valence-electron chi connectivity index (χ1n) is 4.18. The SMILES string of the molecule is CC(O)CCn1cc(Br)c(=O)[nH]c1=O. The first kappa shape index (κ1) is 11.2. The first-order valence-corrected chi connectivity index (χ1v) is 4.97. The minimum atomic E-state index is -0.465. The van der Waals surface area contributed by atoms with Gasteiger partial charge in [-0.05, 0) is 29.3 Å². The Morgan fingerprint density at radius 3 is 2.86 bits per heavy atom. The summed E-state index contributed by atoms with van der Waals surface area (Å²) in [7, 11) is 0. The van der Waals surface area contributed by atoms with Crippen LogP contribution < -0.4 is 11.2 Å². The second kappa shape index (κ2) is 4.56. The molecule has 14 heavy (non-hydrogen) atoms. The van der Waals surface area contributed by atoms with Crippen LogP contribution in [0, 0.1) is 0 Å². The topological polar surface area (TPSA) is 75.1 Å². The van der Waals surface area contributed by atoms with Gasteiger partial charge >= 0.3 is 5.69 Å². The van der Waals surface area contributed by atoms with Crippen LogP contribution in [0.4, 0.5) is 0 Å². The van der Waals surface area contributed by atoms with Gasteiger partial charge in [0.05, 0.1) is 10.6 Å². The Balaban J connectivity index is 2.93. The van der Waals surface area contributed by atoms with Gasteiger partial charge in [0.1, 0.15) is 0 Å². The average Bonchev–Trinajstić information content (AvgIpc) is 2.09. The summed E-state index contributed by atoms with van der Waals surface area (Å²) >= 11 is 3.02. The maximum Gasteiger partial charge on any atom is 0.328 e. The molecule has 0 amide bonds. The van der Waals surface area contributed by atoms with Crippen LogP contribution in [0.25, 0.3) is 0 Å². The second-order valence-electron chi connectivity index (χ2n) is 3.07. The standard InChI is InChI=1S/C8H11BrN2O3/c1-5(12)2-3-11-4-6(9)7(13)10-8(11)14/h4-5,12H,2-3H2,1H3,(H,10,13,14). The van der Waals surface area contributed by atoms with E-state index in [2.05, 4.69) is 20.9 Å². The molecule has 0 saturated carbocycles. The maximum atomic E-state index is 11.2. The molecule has 0 radical (unpaired) electrons. The van der Waals surface area contributed by atoms with Gasteiger partial charge in [-0.1, -0.05) is 0 Å². The van der Waals surface area contributed by atoms with E-state index in [0.29, 0.717) is 17.4 Å². The molecule has 6 heteroatoms. The predicted molar refractivity (Wildman–Crippen MR) is 55.3 cm³/mol. The number of hydrogen-bond donors (Lipinski definition) is 2. The predicted octanol–water partition coefficient (Wildman–Crippen LogP) is 0.0700. The van der Waals surface area contributed by atoms with Gasteiger partial charge in [0, 0.05) is 12.7 Å². The van der Waals surface area contributed by atoms with Crippen LogP contribution in [0.3, 0.4) is 0 Å². The van der Waals surface area contributed by atoms with Crippen molar-refractivity contribution < 1.29 is 5.11 Å². The number of H-pyrrole nitrogens is 1. The largest absolute Gasteiger partial charge is 0.393 e. The second-order valence-corrected chi connectivity index (χ2v) is 3.92. The van der Waals surface area contributed by atoms with Crippen LogP contribution >= 0.6 is 15.9 Å². The molecule has 0 fully saturated rings. The summed E-state index contributed by atoms with van der Waals surface area (Å²) in [6, 6.07) is 0.